The van der Waals surface area contributed by atoms with Crippen LogP contribution in [0.2, 0.25) is 0 Å². The van der Waals surface area contributed by atoms with Gasteiger partial charge in [0, 0.05) is 23.8 Å². The predicted molar refractivity (Wildman–Crippen MR) is 67.5 cm³/mol. The first-order valence-corrected chi connectivity index (χ1v) is 6.17. The average Bonchev–Trinajstić information content (AvgIpc) is 2.38. The van der Waals surface area contributed by atoms with Gasteiger partial charge < -0.3 is 0 Å². The molecule has 0 atom stereocenters. The lowest BCUT2D eigenvalue weighted by molar-refractivity contribution is 1.05. The molecule has 0 radical (unpaired) electrons. The predicted octanol–water partition coefficient (Wildman–Crippen LogP) is 2.95. The van der Waals surface area contributed by atoms with Crippen LogP contribution in [0.3, 0.4) is 0 Å². The zero-order valence-electron chi connectivity index (χ0n) is 9.42. The standard InChI is InChI=1S/C13H11N3S/c1-10-4-5-12(7-14)13(16-10)17-9-11-3-2-6-15-8-11/h2-6,8H,9H2,1H3. The quantitative estimate of drug-likeness (QED) is 0.775. The van der Waals surface area contributed by atoms with Gasteiger partial charge in [-0.15, -0.1) is 11.8 Å². The Labute approximate surface area is 105 Å². The first kappa shape index (κ1) is 11.6. The van der Waals surface area contributed by atoms with Gasteiger partial charge in [0.15, 0.2) is 0 Å². The summed E-state index contributed by atoms with van der Waals surface area (Å²) in [6.45, 7) is 1.93. The second kappa shape index (κ2) is 5.46. The van der Waals surface area contributed by atoms with E-state index in [1.165, 1.54) is 0 Å². The van der Waals surface area contributed by atoms with E-state index in [1.807, 2.05) is 37.4 Å². The maximum absolute atomic E-state index is 8.99. The Morgan fingerprint density at radius 3 is 2.94 bits per heavy atom. The van der Waals surface area contributed by atoms with Gasteiger partial charge in [-0.05, 0) is 30.7 Å². The van der Waals surface area contributed by atoms with Crippen molar-refractivity contribution in [1.29, 1.82) is 5.26 Å². The van der Waals surface area contributed by atoms with Gasteiger partial charge in [0.1, 0.15) is 11.1 Å². The highest BCUT2D eigenvalue weighted by molar-refractivity contribution is 7.98. The minimum atomic E-state index is 0.629. The van der Waals surface area contributed by atoms with Crippen molar-refractivity contribution in [1.82, 2.24) is 9.97 Å². The van der Waals surface area contributed by atoms with Crippen LogP contribution in [-0.2, 0) is 5.75 Å². The molecule has 84 valence electrons. The van der Waals surface area contributed by atoms with Gasteiger partial charge in [0.05, 0.1) is 5.56 Å². The Bertz CT molecular complexity index is 546. The van der Waals surface area contributed by atoms with Crippen LogP contribution >= 0.6 is 11.8 Å². The topological polar surface area (TPSA) is 49.6 Å². The number of aromatic nitrogens is 2. The second-order valence-corrected chi connectivity index (χ2v) is 4.53. The summed E-state index contributed by atoms with van der Waals surface area (Å²) in [4.78, 5) is 8.44. The van der Waals surface area contributed by atoms with E-state index in [9.17, 15) is 0 Å². The first-order chi connectivity index (χ1) is 8.29. The normalized spacial score (nSPS) is 9.88. The number of hydrogen-bond acceptors (Lipinski definition) is 4. The average molecular weight is 241 g/mol. The van der Waals surface area contributed by atoms with E-state index in [2.05, 4.69) is 16.0 Å². The second-order valence-electron chi connectivity index (χ2n) is 3.57. The fourth-order valence-corrected chi connectivity index (χ4v) is 2.32. The van der Waals surface area contributed by atoms with Crippen molar-refractivity contribution < 1.29 is 0 Å². The fraction of sp³-hybridized carbons (Fsp3) is 0.154. The highest BCUT2D eigenvalue weighted by atomic mass is 32.2. The Morgan fingerprint density at radius 2 is 2.24 bits per heavy atom. The number of nitrogens with zero attached hydrogens (tertiary/aromatic N) is 3. The van der Waals surface area contributed by atoms with E-state index in [0.717, 1.165) is 22.0 Å². The molecular formula is C13H11N3S. The van der Waals surface area contributed by atoms with E-state index >= 15 is 0 Å². The molecule has 2 aromatic heterocycles. The van der Waals surface area contributed by atoms with E-state index in [0.29, 0.717) is 5.56 Å². The SMILES string of the molecule is Cc1ccc(C#N)c(SCc2cccnc2)n1. The summed E-state index contributed by atoms with van der Waals surface area (Å²) in [5.41, 5.74) is 2.69. The molecule has 17 heavy (non-hydrogen) atoms. The minimum Gasteiger partial charge on any atom is -0.264 e. The smallest absolute Gasteiger partial charge is 0.114 e. The summed E-state index contributed by atoms with van der Waals surface area (Å²) in [7, 11) is 0. The zero-order chi connectivity index (χ0) is 12.1. The van der Waals surface area contributed by atoms with Gasteiger partial charge in [0.25, 0.3) is 0 Å². The van der Waals surface area contributed by atoms with Crippen LogP contribution in [0.25, 0.3) is 0 Å². The molecule has 3 nitrogen and oxygen atoms in total. The van der Waals surface area contributed by atoms with Crippen LogP contribution in [0, 0.1) is 18.3 Å². The third-order valence-corrected chi connectivity index (χ3v) is 3.28. The van der Waals surface area contributed by atoms with E-state index in [4.69, 9.17) is 5.26 Å². The lowest BCUT2D eigenvalue weighted by Gasteiger charge is -2.03. The molecule has 0 bridgehead atoms. The molecule has 0 saturated heterocycles. The van der Waals surface area contributed by atoms with E-state index < -0.39 is 0 Å². The van der Waals surface area contributed by atoms with Crippen LogP contribution in [0.5, 0.6) is 0 Å². The number of nitriles is 1. The summed E-state index contributed by atoms with van der Waals surface area (Å²) < 4.78 is 0. The molecule has 0 aliphatic carbocycles. The molecule has 0 aromatic carbocycles. The third-order valence-electron chi connectivity index (χ3n) is 2.22. The van der Waals surface area contributed by atoms with Gasteiger partial charge >= 0.3 is 0 Å². The minimum absolute atomic E-state index is 0.629. The zero-order valence-corrected chi connectivity index (χ0v) is 10.2. The Kier molecular flexibility index (Phi) is 3.73. The van der Waals surface area contributed by atoms with Crippen LogP contribution in [-0.4, -0.2) is 9.97 Å². The molecule has 0 unspecified atom stereocenters. The van der Waals surface area contributed by atoms with Gasteiger partial charge in [-0.1, -0.05) is 6.07 Å². The van der Waals surface area contributed by atoms with Crippen LogP contribution in [0.4, 0.5) is 0 Å². The van der Waals surface area contributed by atoms with Crippen LogP contribution in [0.15, 0.2) is 41.7 Å². The lowest BCUT2D eigenvalue weighted by Crippen LogP contribution is -1.90. The highest BCUT2D eigenvalue weighted by Crippen LogP contribution is 2.23. The third kappa shape index (κ3) is 3.05. The molecule has 0 spiro atoms. The molecule has 2 heterocycles. The molecule has 0 N–H and O–H groups in total. The summed E-state index contributed by atoms with van der Waals surface area (Å²) in [6, 6.07) is 9.75. The number of rotatable bonds is 3. The van der Waals surface area contributed by atoms with Crippen molar-refractivity contribution in [2.75, 3.05) is 0 Å². The maximum Gasteiger partial charge on any atom is 0.114 e. The van der Waals surface area contributed by atoms with E-state index in [-0.39, 0.29) is 0 Å². The van der Waals surface area contributed by atoms with Crippen molar-refractivity contribution in [3.8, 4) is 6.07 Å². The molecule has 2 aromatic rings. The Morgan fingerprint density at radius 1 is 1.35 bits per heavy atom. The number of aryl methyl sites for hydroxylation is 1. The molecule has 0 aliphatic rings. The van der Waals surface area contributed by atoms with Crippen molar-refractivity contribution in [2.24, 2.45) is 0 Å². The summed E-state index contributed by atoms with van der Waals surface area (Å²) in [6.07, 6.45) is 3.58. The molecule has 0 aliphatic heterocycles. The number of thioether (sulfide) groups is 1. The van der Waals surface area contributed by atoms with Crippen molar-refractivity contribution in [3.05, 3.63) is 53.5 Å². The van der Waals surface area contributed by atoms with E-state index in [1.54, 1.807) is 18.0 Å². The summed E-state index contributed by atoms with van der Waals surface area (Å²) in [5, 5.41) is 9.78. The molecular weight excluding hydrogens is 230 g/mol. The molecule has 0 amide bonds. The summed E-state index contributed by atoms with van der Waals surface area (Å²) in [5.74, 6) is 0.777. The monoisotopic (exact) mass is 241 g/mol. The largest absolute Gasteiger partial charge is 0.264 e. The van der Waals surface area contributed by atoms with Gasteiger partial charge in [-0.3, -0.25) is 4.98 Å². The Hall–Kier alpha value is -1.86. The van der Waals surface area contributed by atoms with Crippen LogP contribution < -0.4 is 0 Å². The fourth-order valence-electron chi connectivity index (χ4n) is 1.36. The number of hydrogen-bond donors (Lipinski definition) is 0. The Balaban J connectivity index is 2.14. The van der Waals surface area contributed by atoms with Crippen LogP contribution in [0.1, 0.15) is 16.8 Å². The van der Waals surface area contributed by atoms with Gasteiger partial charge in [0.2, 0.25) is 0 Å². The van der Waals surface area contributed by atoms with Crippen molar-refractivity contribution >= 4 is 11.8 Å². The lowest BCUT2D eigenvalue weighted by atomic mass is 10.3. The molecule has 0 fully saturated rings. The van der Waals surface area contributed by atoms with Gasteiger partial charge in [-0.25, -0.2) is 4.98 Å². The summed E-state index contributed by atoms with van der Waals surface area (Å²) >= 11 is 1.57. The van der Waals surface area contributed by atoms with Gasteiger partial charge in [-0.2, -0.15) is 5.26 Å². The highest BCUT2D eigenvalue weighted by Gasteiger charge is 2.05. The number of pyridine rings is 2. The van der Waals surface area contributed by atoms with Crippen molar-refractivity contribution in [3.63, 3.8) is 0 Å². The molecule has 0 saturated carbocycles. The molecule has 2 rings (SSSR count). The van der Waals surface area contributed by atoms with Crippen molar-refractivity contribution in [2.45, 2.75) is 17.7 Å². The first-order valence-electron chi connectivity index (χ1n) is 5.19. The maximum atomic E-state index is 8.99. The molecule has 4 heteroatoms.